The number of rotatable bonds is 4. The molecule has 1 fully saturated rings. The lowest BCUT2D eigenvalue weighted by atomic mass is 9.99. The molecule has 2 rings (SSSR count). The van der Waals surface area contributed by atoms with E-state index in [1.165, 1.54) is 0 Å². The van der Waals surface area contributed by atoms with Gasteiger partial charge in [0.1, 0.15) is 0 Å². The van der Waals surface area contributed by atoms with Crippen LogP contribution in [0.15, 0.2) is 12.1 Å². The summed E-state index contributed by atoms with van der Waals surface area (Å²) in [6.07, 6.45) is 1.09. The van der Waals surface area contributed by atoms with Gasteiger partial charge < -0.3 is 5.32 Å². The second kappa shape index (κ2) is 4.73. The van der Waals surface area contributed by atoms with Gasteiger partial charge in [0.15, 0.2) is 11.6 Å². The molecular weight excluding hydrogens is 220 g/mol. The molecule has 0 aliphatic heterocycles. The summed E-state index contributed by atoms with van der Waals surface area (Å²) in [5.41, 5.74) is 0.842. The third kappa shape index (κ3) is 2.34. The van der Waals surface area contributed by atoms with Crippen molar-refractivity contribution in [2.24, 2.45) is 11.8 Å². The van der Waals surface area contributed by atoms with Crippen molar-refractivity contribution in [3.05, 3.63) is 34.9 Å². The van der Waals surface area contributed by atoms with Gasteiger partial charge in [-0.15, -0.1) is 0 Å². The van der Waals surface area contributed by atoms with Crippen LogP contribution >= 0.6 is 0 Å². The first-order chi connectivity index (χ1) is 8.06. The van der Waals surface area contributed by atoms with Crippen LogP contribution in [0, 0.1) is 30.4 Å². The predicted octanol–water partition coefficient (Wildman–Crippen LogP) is 3.58. The lowest BCUT2D eigenvalue weighted by Gasteiger charge is -2.19. The molecule has 1 nitrogen and oxygen atoms in total. The summed E-state index contributed by atoms with van der Waals surface area (Å²) in [6.45, 7) is 6.49. The fraction of sp³-hybridized carbons (Fsp3) is 0.571. The van der Waals surface area contributed by atoms with Gasteiger partial charge in [-0.2, -0.15) is 0 Å². The van der Waals surface area contributed by atoms with E-state index in [-0.39, 0.29) is 6.04 Å². The van der Waals surface area contributed by atoms with Crippen LogP contribution in [0.2, 0.25) is 0 Å². The monoisotopic (exact) mass is 239 g/mol. The van der Waals surface area contributed by atoms with E-state index >= 15 is 0 Å². The minimum Gasteiger partial charge on any atom is -0.310 e. The van der Waals surface area contributed by atoms with Crippen molar-refractivity contribution in [1.29, 1.82) is 0 Å². The molecule has 1 aliphatic rings. The van der Waals surface area contributed by atoms with Crippen LogP contribution in [0.4, 0.5) is 8.78 Å². The van der Waals surface area contributed by atoms with E-state index in [0.717, 1.165) is 13.0 Å². The highest BCUT2D eigenvalue weighted by molar-refractivity contribution is 5.29. The summed E-state index contributed by atoms with van der Waals surface area (Å²) in [5, 5.41) is 3.27. The highest BCUT2D eigenvalue weighted by atomic mass is 19.2. The van der Waals surface area contributed by atoms with Gasteiger partial charge in [0.2, 0.25) is 0 Å². The van der Waals surface area contributed by atoms with Crippen LogP contribution in [0.1, 0.15) is 37.4 Å². The van der Waals surface area contributed by atoms with Crippen LogP contribution in [-0.2, 0) is 0 Å². The Hall–Kier alpha value is -0.960. The molecule has 0 radical (unpaired) electrons. The largest absolute Gasteiger partial charge is 0.310 e. The summed E-state index contributed by atoms with van der Waals surface area (Å²) in [4.78, 5) is 0. The molecule has 3 unspecified atom stereocenters. The molecule has 0 spiro atoms. The Bertz CT molecular complexity index is 417. The van der Waals surface area contributed by atoms with Crippen molar-refractivity contribution in [2.45, 2.75) is 33.2 Å². The van der Waals surface area contributed by atoms with Gasteiger partial charge in [-0.3, -0.25) is 0 Å². The quantitative estimate of drug-likeness (QED) is 0.846. The summed E-state index contributed by atoms with van der Waals surface area (Å²) in [7, 11) is 0. The van der Waals surface area contributed by atoms with E-state index in [0.29, 0.717) is 23.0 Å². The van der Waals surface area contributed by atoms with Gasteiger partial charge in [-0.05, 0) is 37.3 Å². The molecule has 94 valence electrons. The predicted molar refractivity (Wildman–Crippen MR) is 64.8 cm³/mol. The highest BCUT2D eigenvalue weighted by Crippen LogP contribution is 2.47. The lowest BCUT2D eigenvalue weighted by molar-refractivity contribution is 0.429. The van der Waals surface area contributed by atoms with Gasteiger partial charge in [0.05, 0.1) is 0 Å². The minimum absolute atomic E-state index is 0.0508. The van der Waals surface area contributed by atoms with Gasteiger partial charge in [0, 0.05) is 11.6 Å². The van der Waals surface area contributed by atoms with Crippen molar-refractivity contribution in [3.8, 4) is 0 Å². The maximum absolute atomic E-state index is 13.9. The van der Waals surface area contributed by atoms with Crippen molar-refractivity contribution >= 4 is 0 Å². The second-order valence-corrected chi connectivity index (χ2v) is 5.01. The van der Waals surface area contributed by atoms with E-state index in [4.69, 9.17) is 0 Å². The first-order valence-electron chi connectivity index (χ1n) is 6.24. The van der Waals surface area contributed by atoms with E-state index in [1.54, 1.807) is 19.1 Å². The fourth-order valence-corrected chi connectivity index (χ4v) is 2.43. The van der Waals surface area contributed by atoms with Crippen LogP contribution in [-0.4, -0.2) is 6.54 Å². The van der Waals surface area contributed by atoms with Gasteiger partial charge in [-0.1, -0.05) is 26.0 Å². The zero-order valence-corrected chi connectivity index (χ0v) is 10.6. The molecule has 0 amide bonds. The van der Waals surface area contributed by atoms with Crippen LogP contribution in [0.3, 0.4) is 0 Å². The standard InChI is InChI=1S/C14H19F2N/c1-4-17-14(11-7-9(11)3)10-6-5-8(2)12(15)13(10)16/h5-6,9,11,14,17H,4,7H2,1-3H3. The van der Waals surface area contributed by atoms with Crippen molar-refractivity contribution in [3.63, 3.8) is 0 Å². The number of halogens is 2. The third-order valence-electron chi connectivity index (χ3n) is 3.66. The maximum atomic E-state index is 13.9. The Morgan fingerprint density at radius 2 is 2.00 bits per heavy atom. The average Bonchev–Trinajstić information content (AvgIpc) is 3.01. The molecule has 0 heterocycles. The summed E-state index contributed by atoms with van der Waals surface area (Å²) < 4.78 is 27.5. The average molecular weight is 239 g/mol. The van der Waals surface area contributed by atoms with Crippen molar-refractivity contribution < 1.29 is 8.78 Å². The molecule has 1 aromatic carbocycles. The summed E-state index contributed by atoms with van der Waals surface area (Å²) in [6, 6.07) is 3.32. The fourth-order valence-electron chi connectivity index (χ4n) is 2.43. The van der Waals surface area contributed by atoms with Crippen LogP contribution < -0.4 is 5.32 Å². The number of hydrogen-bond acceptors (Lipinski definition) is 1. The first kappa shape index (κ1) is 12.5. The Balaban J connectivity index is 2.33. The topological polar surface area (TPSA) is 12.0 Å². The molecule has 1 aromatic rings. The molecule has 0 saturated heterocycles. The number of aryl methyl sites for hydroxylation is 1. The molecule has 0 aromatic heterocycles. The Kier molecular flexibility index (Phi) is 3.48. The molecule has 3 atom stereocenters. The molecule has 1 saturated carbocycles. The Morgan fingerprint density at radius 1 is 1.35 bits per heavy atom. The van der Waals surface area contributed by atoms with E-state index in [1.807, 2.05) is 6.92 Å². The molecule has 1 aliphatic carbocycles. The minimum atomic E-state index is -0.710. The van der Waals surface area contributed by atoms with Crippen LogP contribution in [0.5, 0.6) is 0 Å². The Labute approximate surface area is 101 Å². The molecule has 1 N–H and O–H groups in total. The van der Waals surface area contributed by atoms with Gasteiger partial charge in [-0.25, -0.2) is 8.78 Å². The van der Waals surface area contributed by atoms with E-state index in [2.05, 4.69) is 12.2 Å². The van der Waals surface area contributed by atoms with Crippen molar-refractivity contribution in [2.75, 3.05) is 6.54 Å². The smallest absolute Gasteiger partial charge is 0.163 e. The molecule has 3 heteroatoms. The normalized spacial score (nSPS) is 24.8. The third-order valence-corrected chi connectivity index (χ3v) is 3.66. The number of benzene rings is 1. The molecule has 17 heavy (non-hydrogen) atoms. The zero-order chi connectivity index (χ0) is 12.6. The molecule has 0 bridgehead atoms. The SMILES string of the molecule is CCNC(c1ccc(C)c(F)c1F)C1CC1C. The summed E-state index contributed by atoms with van der Waals surface area (Å²) in [5.74, 6) is -0.358. The first-order valence-corrected chi connectivity index (χ1v) is 6.24. The van der Waals surface area contributed by atoms with Crippen LogP contribution in [0.25, 0.3) is 0 Å². The highest BCUT2D eigenvalue weighted by Gasteiger charge is 2.41. The van der Waals surface area contributed by atoms with E-state index < -0.39 is 11.6 Å². The van der Waals surface area contributed by atoms with Gasteiger partial charge in [0.25, 0.3) is 0 Å². The second-order valence-electron chi connectivity index (χ2n) is 5.01. The van der Waals surface area contributed by atoms with Crippen molar-refractivity contribution in [1.82, 2.24) is 5.32 Å². The summed E-state index contributed by atoms with van der Waals surface area (Å²) >= 11 is 0. The zero-order valence-electron chi connectivity index (χ0n) is 10.6. The number of hydrogen-bond donors (Lipinski definition) is 1. The lowest BCUT2D eigenvalue weighted by Crippen LogP contribution is -2.24. The Morgan fingerprint density at radius 3 is 2.53 bits per heavy atom. The van der Waals surface area contributed by atoms with Gasteiger partial charge >= 0.3 is 0 Å². The number of nitrogens with one attached hydrogen (secondary N) is 1. The molecular formula is C14H19F2N. The van der Waals surface area contributed by atoms with E-state index in [9.17, 15) is 8.78 Å². The maximum Gasteiger partial charge on any atom is 0.163 e.